The number of nitrogens with two attached hydrogens (primary N) is 1. The number of nitrogens with one attached hydrogen (secondary N) is 2. The molecule has 3 atom stereocenters. The molecule has 2 aliphatic heterocycles. The Morgan fingerprint density at radius 1 is 1.16 bits per heavy atom. The van der Waals surface area contributed by atoms with Gasteiger partial charge in [-0.25, -0.2) is 4.79 Å². The van der Waals surface area contributed by atoms with Crippen molar-refractivity contribution in [2.75, 3.05) is 35.6 Å². The van der Waals surface area contributed by atoms with Crippen molar-refractivity contribution in [3.63, 3.8) is 0 Å². The van der Waals surface area contributed by atoms with Crippen molar-refractivity contribution >= 4 is 51.7 Å². The number of carboxylic acids is 1. The molecule has 0 spiro atoms. The Morgan fingerprint density at radius 2 is 1.97 bits per heavy atom. The number of morpholine rings is 1. The fraction of sp³-hybridized carbons (Fsp3) is 0.308. The number of H-pyrrole nitrogens is 1. The zero-order valence-corrected chi connectivity index (χ0v) is 20.3. The van der Waals surface area contributed by atoms with Gasteiger partial charge in [0.15, 0.2) is 12.2 Å². The normalized spacial score (nSPS) is 20.5. The molecule has 5 rings (SSSR count). The predicted molar refractivity (Wildman–Crippen MR) is 138 cm³/mol. The summed E-state index contributed by atoms with van der Waals surface area (Å²) in [4.78, 5) is 56.1. The first-order valence-electron chi connectivity index (χ1n) is 12.2. The first-order valence-corrected chi connectivity index (χ1v) is 12.2. The summed E-state index contributed by atoms with van der Waals surface area (Å²) in [7, 11) is 0. The number of hydrogen-bond acceptors (Lipinski definition) is 7. The Balaban J connectivity index is 1.29. The summed E-state index contributed by atoms with van der Waals surface area (Å²) in [5, 5.41) is 24.3. The van der Waals surface area contributed by atoms with Crippen molar-refractivity contribution in [1.29, 1.82) is 0 Å². The molecule has 0 unspecified atom stereocenters. The molecule has 0 radical (unpaired) electrons. The summed E-state index contributed by atoms with van der Waals surface area (Å²) in [5.41, 5.74) is 6.87. The Kier molecular flexibility index (Phi) is 6.74. The SMILES string of the molecule is Nc1[nH]cc2cc(NC(=O)[C@H](O)[C@H]3OCCN(c4cccc(C(=O)N5CCC[C@H]5C(=O)O)c4)C3=O)ccc12. The molecule has 3 amide bonds. The quantitative estimate of drug-likeness (QED) is 0.321. The van der Waals surface area contributed by atoms with Gasteiger partial charge in [0.2, 0.25) is 0 Å². The third-order valence-corrected chi connectivity index (χ3v) is 6.87. The van der Waals surface area contributed by atoms with Gasteiger partial charge in [-0.1, -0.05) is 6.07 Å². The summed E-state index contributed by atoms with van der Waals surface area (Å²) in [6.45, 7) is 0.541. The molecular formula is C26H27N5O7. The van der Waals surface area contributed by atoms with Crippen LogP contribution in [-0.2, 0) is 19.1 Å². The maximum atomic E-state index is 13.3. The summed E-state index contributed by atoms with van der Waals surface area (Å²) >= 11 is 0. The number of aliphatic hydroxyl groups is 1. The molecule has 2 saturated heterocycles. The second-order valence-corrected chi connectivity index (χ2v) is 9.26. The van der Waals surface area contributed by atoms with Crippen molar-refractivity contribution < 1.29 is 34.1 Å². The highest BCUT2D eigenvalue weighted by Crippen LogP contribution is 2.26. The zero-order valence-electron chi connectivity index (χ0n) is 20.3. The van der Waals surface area contributed by atoms with E-state index in [2.05, 4.69) is 10.3 Å². The lowest BCUT2D eigenvalue weighted by Gasteiger charge is -2.34. The largest absolute Gasteiger partial charge is 0.480 e. The van der Waals surface area contributed by atoms with E-state index in [-0.39, 0.29) is 18.7 Å². The van der Waals surface area contributed by atoms with E-state index in [1.54, 1.807) is 42.6 Å². The second kappa shape index (κ2) is 10.1. The molecule has 1 aromatic heterocycles. The van der Waals surface area contributed by atoms with Gasteiger partial charge in [-0.3, -0.25) is 14.4 Å². The van der Waals surface area contributed by atoms with Gasteiger partial charge in [0.1, 0.15) is 11.9 Å². The minimum atomic E-state index is -1.79. The number of rotatable bonds is 6. The van der Waals surface area contributed by atoms with Gasteiger partial charge < -0.3 is 40.8 Å². The van der Waals surface area contributed by atoms with Crippen molar-refractivity contribution in [1.82, 2.24) is 9.88 Å². The molecular weight excluding hydrogens is 494 g/mol. The van der Waals surface area contributed by atoms with Gasteiger partial charge in [0.05, 0.1) is 6.61 Å². The molecule has 2 aromatic carbocycles. The van der Waals surface area contributed by atoms with E-state index in [9.17, 15) is 29.4 Å². The predicted octanol–water partition coefficient (Wildman–Crippen LogP) is 1.17. The molecule has 3 aromatic rings. The maximum absolute atomic E-state index is 13.3. The molecule has 38 heavy (non-hydrogen) atoms. The van der Waals surface area contributed by atoms with Crippen molar-refractivity contribution in [3.8, 4) is 0 Å². The highest BCUT2D eigenvalue weighted by Gasteiger charge is 2.40. The summed E-state index contributed by atoms with van der Waals surface area (Å²) in [6, 6.07) is 10.4. The van der Waals surface area contributed by atoms with E-state index in [1.165, 1.54) is 15.9 Å². The summed E-state index contributed by atoms with van der Waals surface area (Å²) < 4.78 is 5.47. The standard InChI is InChI=1S/C26H27N5O7/c27-22-18-7-6-16(11-15(18)13-28-22)29-23(33)20(32)21-25(35)30(9-10-38-21)17-4-1-3-14(12-17)24(34)31-8-2-5-19(31)26(36)37/h1,3-4,6-7,11-13,19-21,28,32H,2,5,8-10,27H2,(H,29,33)(H,36,37)/t19-,20+,21+/m0/s1. The summed E-state index contributed by atoms with van der Waals surface area (Å²) in [5.74, 6) is -2.45. The molecule has 3 heterocycles. The first kappa shape index (κ1) is 25.2. The zero-order chi connectivity index (χ0) is 27.0. The average Bonchev–Trinajstić information content (AvgIpc) is 3.55. The number of aromatic amines is 1. The van der Waals surface area contributed by atoms with Gasteiger partial charge in [0.25, 0.3) is 17.7 Å². The van der Waals surface area contributed by atoms with Crippen molar-refractivity contribution in [2.24, 2.45) is 0 Å². The number of anilines is 3. The maximum Gasteiger partial charge on any atom is 0.326 e. The van der Waals surface area contributed by atoms with E-state index in [4.69, 9.17) is 10.5 Å². The van der Waals surface area contributed by atoms with Crippen LogP contribution >= 0.6 is 0 Å². The van der Waals surface area contributed by atoms with Crippen LogP contribution in [0, 0.1) is 0 Å². The van der Waals surface area contributed by atoms with E-state index < -0.39 is 41.9 Å². The van der Waals surface area contributed by atoms with E-state index in [0.717, 1.165) is 10.8 Å². The molecule has 2 fully saturated rings. The van der Waals surface area contributed by atoms with Crippen LogP contribution in [0.15, 0.2) is 48.7 Å². The van der Waals surface area contributed by atoms with E-state index >= 15 is 0 Å². The lowest BCUT2D eigenvalue weighted by molar-refractivity contribution is -0.150. The monoisotopic (exact) mass is 521 g/mol. The Labute approximate surface area is 217 Å². The molecule has 6 N–H and O–H groups in total. The number of aliphatic hydroxyl groups excluding tert-OH is 1. The number of benzene rings is 2. The third-order valence-electron chi connectivity index (χ3n) is 6.87. The van der Waals surface area contributed by atoms with Crippen LogP contribution in [0.5, 0.6) is 0 Å². The van der Waals surface area contributed by atoms with Crippen molar-refractivity contribution in [3.05, 3.63) is 54.2 Å². The Morgan fingerprint density at radius 3 is 2.76 bits per heavy atom. The molecule has 0 aliphatic carbocycles. The number of nitrogen functional groups attached to an aromatic ring is 1. The van der Waals surface area contributed by atoms with Crippen molar-refractivity contribution in [2.45, 2.75) is 31.1 Å². The van der Waals surface area contributed by atoms with Gasteiger partial charge in [-0.2, -0.15) is 0 Å². The Hall–Kier alpha value is -4.42. The number of aromatic nitrogens is 1. The smallest absolute Gasteiger partial charge is 0.326 e. The summed E-state index contributed by atoms with van der Waals surface area (Å²) in [6.07, 6.45) is -0.573. The molecule has 0 saturated carbocycles. The van der Waals surface area contributed by atoms with Crippen LogP contribution in [-0.4, -0.2) is 81.7 Å². The molecule has 198 valence electrons. The fourth-order valence-electron chi connectivity index (χ4n) is 4.92. The number of aliphatic carboxylic acids is 1. The minimum absolute atomic E-state index is 0.0563. The Bertz CT molecular complexity index is 1420. The second-order valence-electron chi connectivity index (χ2n) is 9.26. The highest BCUT2D eigenvalue weighted by molar-refractivity contribution is 6.05. The molecule has 12 nitrogen and oxygen atoms in total. The number of fused-ring (bicyclic) bond motifs is 1. The number of carboxylic acid groups (broad SMARTS) is 1. The highest BCUT2D eigenvalue weighted by atomic mass is 16.5. The van der Waals surface area contributed by atoms with Crippen LogP contribution in [0.4, 0.5) is 17.2 Å². The minimum Gasteiger partial charge on any atom is -0.480 e. The van der Waals surface area contributed by atoms with Gasteiger partial charge in [-0.15, -0.1) is 0 Å². The number of amides is 3. The number of likely N-dealkylation sites (tertiary alicyclic amines) is 1. The topological polar surface area (TPSA) is 178 Å². The number of carbonyl (C=O) groups is 4. The molecule has 2 aliphatic rings. The molecule has 0 bridgehead atoms. The number of hydrogen-bond donors (Lipinski definition) is 5. The van der Waals surface area contributed by atoms with Crippen LogP contribution in [0.2, 0.25) is 0 Å². The fourth-order valence-corrected chi connectivity index (χ4v) is 4.92. The lowest BCUT2D eigenvalue weighted by atomic mass is 10.1. The number of carbonyl (C=O) groups excluding carboxylic acids is 3. The van der Waals surface area contributed by atoms with E-state index in [1.807, 2.05) is 0 Å². The van der Waals surface area contributed by atoms with Crippen LogP contribution in [0.1, 0.15) is 23.2 Å². The van der Waals surface area contributed by atoms with E-state index in [0.29, 0.717) is 36.6 Å². The van der Waals surface area contributed by atoms with Crippen LogP contribution in [0.3, 0.4) is 0 Å². The van der Waals surface area contributed by atoms with Crippen LogP contribution < -0.4 is 16.0 Å². The van der Waals surface area contributed by atoms with Gasteiger partial charge >= 0.3 is 5.97 Å². The average molecular weight is 522 g/mol. The lowest BCUT2D eigenvalue weighted by Crippen LogP contribution is -2.55. The number of ether oxygens (including phenoxy) is 1. The third kappa shape index (κ3) is 4.66. The number of nitrogens with zero attached hydrogens (tertiary/aromatic N) is 2. The van der Waals surface area contributed by atoms with Crippen LogP contribution in [0.25, 0.3) is 10.8 Å². The molecule has 12 heteroatoms. The van der Waals surface area contributed by atoms with Gasteiger partial charge in [0, 0.05) is 47.0 Å². The van der Waals surface area contributed by atoms with Gasteiger partial charge in [-0.05, 0) is 49.2 Å². The first-order chi connectivity index (χ1) is 18.2.